The van der Waals surface area contributed by atoms with Gasteiger partial charge in [0.2, 0.25) is 5.91 Å². The van der Waals surface area contributed by atoms with Crippen LogP contribution in [0, 0.1) is 6.92 Å². The van der Waals surface area contributed by atoms with Crippen molar-refractivity contribution in [1.29, 1.82) is 0 Å². The Balaban J connectivity index is 1.35. The van der Waals surface area contributed by atoms with Crippen LogP contribution in [0.3, 0.4) is 0 Å². The number of hydrogen-bond acceptors (Lipinski definition) is 5. The number of thioether (sulfide) groups is 1. The molecule has 1 N–H and O–H groups in total. The van der Waals surface area contributed by atoms with Crippen molar-refractivity contribution in [1.82, 2.24) is 5.01 Å². The van der Waals surface area contributed by atoms with Crippen LogP contribution in [0.15, 0.2) is 89.0 Å². The van der Waals surface area contributed by atoms with E-state index in [2.05, 4.69) is 41.5 Å². The zero-order valence-corrected chi connectivity index (χ0v) is 20.6. The molecule has 0 fully saturated rings. The minimum atomic E-state index is -0.609. The predicted molar refractivity (Wildman–Crippen MR) is 142 cm³/mol. The summed E-state index contributed by atoms with van der Waals surface area (Å²) >= 11 is 7.42. The number of nitrogens with one attached hydrogen (secondary N) is 1. The van der Waals surface area contributed by atoms with Crippen molar-refractivity contribution in [3.05, 3.63) is 101 Å². The number of carbonyl (C=O) groups is 2. The van der Waals surface area contributed by atoms with Crippen LogP contribution in [-0.2, 0) is 9.59 Å². The van der Waals surface area contributed by atoms with Gasteiger partial charge in [0.15, 0.2) is 5.17 Å². The number of halogens is 1. The first-order valence-corrected chi connectivity index (χ1v) is 12.6. The van der Waals surface area contributed by atoms with Crippen LogP contribution in [0.2, 0.25) is 5.02 Å². The fraction of sp³-hybridized carbons (Fsp3) is 0.185. The molecule has 8 heteroatoms. The number of rotatable bonds is 5. The van der Waals surface area contributed by atoms with E-state index >= 15 is 0 Å². The average Bonchev–Trinajstić information content (AvgIpc) is 3.46. The van der Waals surface area contributed by atoms with E-state index < -0.39 is 5.25 Å². The second kappa shape index (κ2) is 10.1. The minimum absolute atomic E-state index is 0.0000181. The lowest BCUT2D eigenvalue weighted by Crippen LogP contribution is -2.25. The van der Waals surface area contributed by atoms with Gasteiger partial charge in [-0.15, -0.1) is 0 Å². The summed E-state index contributed by atoms with van der Waals surface area (Å²) in [5.41, 5.74) is 4.77. The molecule has 0 radical (unpaired) electrons. The molecule has 0 spiro atoms. The fourth-order valence-electron chi connectivity index (χ4n) is 4.08. The maximum atomic E-state index is 12.7. The molecule has 0 saturated heterocycles. The summed E-state index contributed by atoms with van der Waals surface area (Å²) in [5, 5.41) is 9.85. The van der Waals surface area contributed by atoms with Crippen LogP contribution in [-0.4, -0.2) is 33.0 Å². The number of nitrogens with zero attached hydrogens (tertiary/aromatic N) is 3. The van der Waals surface area contributed by atoms with Crippen LogP contribution in [0.4, 0.5) is 5.69 Å². The molecule has 0 unspecified atom stereocenters. The van der Waals surface area contributed by atoms with E-state index in [1.165, 1.54) is 17.3 Å². The van der Waals surface area contributed by atoms with Crippen LogP contribution < -0.4 is 5.32 Å². The van der Waals surface area contributed by atoms with Gasteiger partial charge in [0.25, 0.3) is 5.91 Å². The molecule has 5 rings (SSSR count). The van der Waals surface area contributed by atoms with Gasteiger partial charge in [0, 0.05) is 12.8 Å². The highest BCUT2D eigenvalue weighted by Gasteiger charge is 2.39. The van der Waals surface area contributed by atoms with Crippen molar-refractivity contribution >= 4 is 51.7 Å². The van der Waals surface area contributed by atoms with Gasteiger partial charge in [-0.25, -0.2) is 5.01 Å². The average molecular weight is 503 g/mol. The van der Waals surface area contributed by atoms with Crippen molar-refractivity contribution in [2.75, 3.05) is 5.32 Å². The third-order valence-corrected chi connectivity index (χ3v) is 7.39. The van der Waals surface area contributed by atoms with Crippen molar-refractivity contribution in [3.63, 3.8) is 0 Å². The van der Waals surface area contributed by atoms with Crippen molar-refractivity contribution in [3.8, 4) is 0 Å². The second-order valence-electron chi connectivity index (χ2n) is 8.46. The topological polar surface area (TPSA) is 74.1 Å². The van der Waals surface area contributed by atoms with E-state index in [1.54, 1.807) is 24.3 Å². The van der Waals surface area contributed by atoms with Gasteiger partial charge in [0.1, 0.15) is 5.25 Å². The highest BCUT2D eigenvalue weighted by atomic mass is 35.5. The summed E-state index contributed by atoms with van der Waals surface area (Å²) in [6.45, 7) is 2.05. The standard InChI is InChI=1S/C27H23ClN4O2S/c1-17-11-13-19(14-12-17)23-15-22(18-7-3-2-4-8-18)31-32(23)27-30-26(34)24(35-27)16-25(33)29-21-10-6-5-9-20(21)28/h2-14,23-24H,15-16H2,1H3,(H,29,33)/t23-,24+/m1/s1. The predicted octanol–water partition coefficient (Wildman–Crippen LogP) is 5.83. The van der Waals surface area contributed by atoms with E-state index in [0.29, 0.717) is 22.3 Å². The van der Waals surface area contributed by atoms with Crippen molar-refractivity contribution in [2.45, 2.75) is 31.1 Å². The summed E-state index contributed by atoms with van der Waals surface area (Å²) < 4.78 is 0. The molecule has 3 aromatic carbocycles. The first kappa shape index (κ1) is 23.3. The molecule has 2 heterocycles. The van der Waals surface area contributed by atoms with E-state index in [9.17, 15) is 9.59 Å². The third kappa shape index (κ3) is 5.16. The van der Waals surface area contributed by atoms with Gasteiger partial charge in [-0.05, 0) is 30.2 Å². The largest absolute Gasteiger partial charge is 0.325 e. The van der Waals surface area contributed by atoms with E-state index in [4.69, 9.17) is 16.7 Å². The van der Waals surface area contributed by atoms with E-state index in [1.807, 2.05) is 35.3 Å². The summed E-state index contributed by atoms with van der Waals surface area (Å²) in [6, 6.07) is 25.3. The van der Waals surface area contributed by atoms with Crippen LogP contribution in [0.1, 0.15) is 35.6 Å². The summed E-state index contributed by atoms with van der Waals surface area (Å²) in [4.78, 5) is 29.7. The Hall–Kier alpha value is -3.42. The lowest BCUT2D eigenvalue weighted by atomic mass is 9.98. The Morgan fingerprint density at radius 3 is 2.51 bits per heavy atom. The summed E-state index contributed by atoms with van der Waals surface area (Å²) in [5.74, 6) is -0.615. The van der Waals surface area contributed by atoms with E-state index in [-0.39, 0.29) is 24.3 Å². The highest BCUT2D eigenvalue weighted by molar-refractivity contribution is 8.15. The van der Waals surface area contributed by atoms with Gasteiger partial charge in [0.05, 0.1) is 22.5 Å². The summed E-state index contributed by atoms with van der Waals surface area (Å²) in [7, 11) is 0. The molecule has 35 heavy (non-hydrogen) atoms. The highest BCUT2D eigenvalue weighted by Crippen LogP contribution is 2.38. The van der Waals surface area contributed by atoms with Crippen LogP contribution >= 0.6 is 23.4 Å². The number of benzene rings is 3. The van der Waals surface area contributed by atoms with Crippen LogP contribution in [0.5, 0.6) is 0 Å². The Morgan fingerprint density at radius 1 is 1.06 bits per heavy atom. The zero-order chi connectivity index (χ0) is 24.4. The first-order chi connectivity index (χ1) is 17.0. The molecule has 176 valence electrons. The molecule has 3 aromatic rings. The molecular formula is C27H23ClN4O2S. The van der Waals surface area contributed by atoms with Gasteiger partial charge < -0.3 is 5.32 Å². The van der Waals surface area contributed by atoms with Gasteiger partial charge in [-0.3, -0.25) is 9.59 Å². The molecule has 2 aliphatic rings. The number of amides is 2. The first-order valence-electron chi connectivity index (χ1n) is 11.3. The SMILES string of the molecule is Cc1ccc([C@H]2CC(c3ccccc3)=NN2C2=NC(=O)[C@H](CC(=O)Nc3ccccc3Cl)S2)cc1. The fourth-order valence-corrected chi connectivity index (χ4v) is 5.32. The monoisotopic (exact) mass is 502 g/mol. The number of carbonyl (C=O) groups excluding carboxylic acids is 2. The molecule has 2 atom stereocenters. The quantitative estimate of drug-likeness (QED) is 0.476. The lowest BCUT2D eigenvalue weighted by molar-refractivity contribution is -0.121. The number of hydrazone groups is 1. The normalized spacial score (nSPS) is 19.5. The number of amidine groups is 1. The van der Waals surface area contributed by atoms with Crippen molar-refractivity contribution < 1.29 is 9.59 Å². The minimum Gasteiger partial charge on any atom is -0.325 e. The Kier molecular flexibility index (Phi) is 6.70. The number of anilines is 1. The summed E-state index contributed by atoms with van der Waals surface area (Å²) in [6.07, 6.45) is 0.693. The number of aliphatic imine (C=N–C) groups is 1. The van der Waals surface area contributed by atoms with Gasteiger partial charge >= 0.3 is 0 Å². The maximum absolute atomic E-state index is 12.7. The zero-order valence-electron chi connectivity index (χ0n) is 19.0. The molecule has 2 aliphatic heterocycles. The molecule has 0 aromatic heterocycles. The van der Waals surface area contributed by atoms with E-state index in [0.717, 1.165) is 16.8 Å². The third-order valence-electron chi connectivity index (χ3n) is 5.92. The number of hydrogen-bond donors (Lipinski definition) is 1. The Morgan fingerprint density at radius 2 is 1.77 bits per heavy atom. The van der Waals surface area contributed by atoms with Gasteiger partial charge in [-0.2, -0.15) is 10.1 Å². The molecular weight excluding hydrogens is 480 g/mol. The second-order valence-corrected chi connectivity index (χ2v) is 10.0. The van der Waals surface area contributed by atoms with Crippen molar-refractivity contribution in [2.24, 2.45) is 10.1 Å². The Labute approximate surface area is 213 Å². The lowest BCUT2D eigenvalue weighted by Gasteiger charge is -2.23. The maximum Gasteiger partial charge on any atom is 0.262 e. The molecule has 2 amide bonds. The Bertz CT molecular complexity index is 1320. The van der Waals surface area contributed by atoms with Crippen LogP contribution in [0.25, 0.3) is 0 Å². The molecule has 0 bridgehead atoms. The molecule has 0 aliphatic carbocycles. The molecule has 6 nitrogen and oxygen atoms in total. The van der Waals surface area contributed by atoms with Gasteiger partial charge in [-0.1, -0.05) is 95.7 Å². The smallest absolute Gasteiger partial charge is 0.262 e. The number of aryl methyl sites for hydroxylation is 1. The molecule has 0 saturated carbocycles. The number of para-hydroxylation sites is 1.